The van der Waals surface area contributed by atoms with Gasteiger partial charge in [0.25, 0.3) is 0 Å². The molecule has 2 bridgehead atoms. The van der Waals surface area contributed by atoms with Gasteiger partial charge < -0.3 is 19.8 Å². The van der Waals surface area contributed by atoms with Crippen molar-refractivity contribution in [1.82, 2.24) is 9.21 Å². The quantitative estimate of drug-likeness (QED) is 0.622. The smallest absolute Gasteiger partial charge is 0.214 e. The molecule has 0 aromatic heterocycles. The molecule has 0 radical (unpaired) electrons. The lowest BCUT2D eigenvalue weighted by atomic mass is 9.70. The number of methoxy groups -OCH3 is 1. The van der Waals surface area contributed by atoms with Gasteiger partial charge in [0.05, 0.1) is 24.6 Å². The molecule has 2 aliphatic carbocycles. The first-order valence-corrected chi connectivity index (χ1v) is 13.6. The second kappa shape index (κ2) is 8.48. The zero-order chi connectivity index (χ0) is 24.2. The van der Waals surface area contributed by atoms with Crippen LogP contribution >= 0.6 is 0 Å². The molecule has 1 aromatic carbocycles. The predicted octanol–water partition coefficient (Wildman–Crippen LogP) is 2.28. The van der Waals surface area contributed by atoms with Crippen LogP contribution in [0.1, 0.15) is 45.1 Å². The van der Waals surface area contributed by atoms with Gasteiger partial charge in [-0.15, -0.1) is 0 Å². The first kappa shape index (κ1) is 24.9. The molecule has 1 aromatic rings. The number of hydrogen-bond donors (Lipinski definition) is 2. The average Bonchev–Trinajstić information content (AvgIpc) is 3.09. The molecule has 0 amide bonds. The summed E-state index contributed by atoms with van der Waals surface area (Å²) in [6.07, 6.45) is 2.18. The number of aliphatic hydroxyl groups is 2. The molecule has 1 saturated heterocycles. The molecule has 0 spiro atoms. The van der Waals surface area contributed by atoms with Crippen LogP contribution in [0.4, 0.5) is 0 Å². The minimum absolute atomic E-state index is 0.0169. The van der Waals surface area contributed by atoms with Gasteiger partial charge in [0.15, 0.2) is 0 Å². The largest absolute Gasteiger partial charge is 0.497 e. The van der Waals surface area contributed by atoms with Gasteiger partial charge in [0, 0.05) is 31.0 Å². The summed E-state index contributed by atoms with van der Waals surface area (Å²) in [6.45, 7) is 5.33. The van der Waals surface area contributed by atoms with Gasteiger partial charge in [-0.25, -0.2) is 12.7 Å². The van der Waals surface area contributed by atoms with Crippen molar-refractivity contribution in [3.63, 3.8) is 0 Å². The fraction of sp³-hybridized carbons (Fsp3) is 0.760. The van der Waals surface area contributed by atoms with E-state index >= 15 is 0 Å². The molecule has 5 atom stereocenters. The standard InChI is InChI=1S/C25H40N2O5S/c1-23(2)18-9-10-24(23,22(28)14-18)17-33(30,31)27-12-11-25(29,20(16-27)15-26(3)4)19-7-6-8-21(13-19)32-5/h6-8,13,18,20,22,28-29H,9-12,14-17H2,1-5H3/t18?,20?,22?,24-,25?/m1/s1. The molecule has 3 aliphatic rings. The molecule has 4 unspecified atom stereocenters. The SMILES string of the molecule is COc1cccc(C2(O)CCN(S(=O)(=O)C[C@]34CCC(CC3O)C4(C)C)CC2CN(C)C)c1. The van der Waals surface area contributed by atoms with Gasteiger partial charge >= 0.3 is 0 Å². The third-order valence-electron chi connectivity index (χ3n) is 9.22. The summed E-state index contributed by atoms with van der Waals surface area (Å²) < 4.78 is 34.4. The number of fused-ring (bicyclic) bond motifs is 2. The molecule has 3 fully saturated rings. The van der Waals surface area contributed by atoms with Crippen molar-refractivity contribution >= 4 is 10.0 Å². The Hall–Kier alpha value is -1.19. The number of aliphatic hydroxyl groups excluding tert-OH is 1. The summed E-state index contributed by atoms with van der Waals surface area (Å²) in [6, 6.07) is 7.45. The van der Waals surface area contributed by atoms with Crippen LogP contribution in [0.15, 0.2) is 24.3 Å². The van der Waals surface area contributed by atoms with E-state index in [1.165, 1.54) is 0 Å². The van der Waals surface area contributed by atoms with E-state index < -0.39 is 27.1 Å². The van der Waals surface area contributed by atoms with Crippen molar-refractivity contribution in [1.29, 1.82) is 0 Å². The van der Waals surface area contributed by atoms with Crippen molar-refractivity contribution in [3.05, 3.63) is 29.8 Å². The highest BCUT2D eigenvalue weighted by Crippen LogP contribution is 2.66. The molecule has 8 heteroatoms. The highest BCUT2D eigenvalue weighted by atomic mass is 32.2. The van der Waals surface area contributed by atoms with E-state index in [4.69, 9.17) is 4.74 Å². The van der Waals surface area contributed by atoms with E-state index in [0.717, 1.165) is 18.4 Å². The number of benzene rings is 1. The van der Waals surface area contributed by atoms with E-state index in [1.54, 1.807) is 11.4 Å². The van der Waals surface area contributed by atoms with Crippen LogP contribution in [0.25, 0.3) is 0 Å². The minimum atomic E-state index is -3.61. The maximum atomic E-state index is 13.7. The molecule has 1 heterocycles. The molecule has 7 nitrogen and oxygen atoms in total. The number of rotatable bonds is 7. The van der Waals surface area contributed by atoms with Crippen LogP contribution in [0.2, 0.25) is 0 Å². The normalized spacial score (nSPS) is 36.4. The fourth-order valence-corrected chi connectivity index (χ4v) is 9.28. The van der Waals surface area contributed by atoms with E-state index in [9.17, 15) is 18.6 Å². The first-order valence-electron chi connectivity index (χ1n) is 12.0. The zero-order valence-corrected chi connectivity index (χ0v) is 21.4. The van der Waals surface area contributed by atoms with Gasteiger partial charge in [-0.05, 0) is 68.8 Å². The maximum absolute atomic E-state index is 13.7. The maximum Gasteiger partial charge on any atom is 0.214 e. The van der Waals surface area contributed by atoms with E-state index in [-0.39, 0.29) is 30.2 Å². The predicted molar refractivity (Wildman–Crippen MR) is 128 cm³/mol. The van der Waals surface area contributed by atoms with Crippen molar-refractivity contribution < 1.29 is 23.4 Å². The van der Waals surface area contributed by atoms with Gasteiger partial charge in [-0.2, -0.15) is 0 Å². The Morgan fingerprint density at radius 3 is 2.55 bits per heavy atom. The number of nitrogens with zero attached hydrogens (tertiary/aromatic N) is 2. The van der Waals surface area contributed by atoms with Crippen LogP contribution in [0.3, 0.4) is 0 Å². The van der Waals surface area contributed by atoms with Crippen LogP contribution in [-0.2, 0) is 15.6 Å². The van der Waals surface area contributed by atoms with E-state index in [0.29, 0.717) is 31.1 Å². The van der Waals surface area contributed by atoms with Gasteiger partial charge in [-0.1, -0.05) is 26.0 Å². The molecule has 2 saturated carbocycles. The second-order valence-electron chi connectivity index (χ2n) is 11.3. The monoisotopic (exact) mass is 480 g/mol. The minimum Gasteiger partial charge on any atom is -0.497 e. The summed E-state index contributed by atoms with van der Waals surface area (Å²) in [7, 11) is 1.87. The van der Waals surface area contributed by atoms with Gasteiger partial charge in [0.1, 0.15) is 5.75 Å². The lowest BCUT2D eigenvalue weighted by Crippen LogP contribution is -2.56. The van der Waals surface area contributed by atoms with Crippen LogP contribution in [0, 0.1) is 22.7 Å². The molecule has 186 valence electrons. The second-order valence-corrected chi connectivity index (χ2v) is 13.3. The number of hydrogen-bond acceptors (Lipinski definition) is 6. The molecular formula is C25H40N2O5S. The van der Waals surface area contributed by atoms with Crippen LogP contribution in [-0.4, -0.2) is 80.5 Å². The Balaban J connectivity index is 1.60. The zero-order valence-electron chi connectivity index (χ0n) is 20.6. The topological polar surface area (TPSA) is 90.3 Å². The number of piperidine rings is 1. The molecular weight excluding hydrogens is 440 g/mol. The first-order chi connectivity index (χ1) is 15.4. The van der Waals surface area contributed by atoms with Crippen molar-refractivity contribution in [2.24, 2.45) is 22.7 Å². The highest BCUT2D eigenvalue weighted by molar-refractivity contribution is 7.89. The van der Waals surface area contributed by atoms with Crippen LogP contribution < -0.4 is 4.74 Å². The van der Waals surface area contributed by atoms with Crippen LogP contribution in [0.5, 0.6) is 5.75 Å². The Labute approximate surface area is 198 Å². The molecule has 4 rings (SSSR count). The van der Waals surface area contributed by atoms with Crippen molar-refractivity contribution in [2.75, 3.05) is 46.6 Å². The van der Waals surface area contributed by atoms with Gasteiger partial charge in [0.2, 0.25) is 10.0 Å². The summed E-state index contributed by atoms with van der Waals surface area (Å²) in [5.41, 5.74) is -1.17. The molecule has 33 heavy (non-hydrogen) atoms. The summed E-state index contributed by atoms with van der Waals surface area (Å²) in [4.78, 5) is 2.00. The lowest BCUT2D eigenvalue weighted by Gasteiger charge is -2.47. The number of ether oxygens (including phenoxy) is 1. The Morgan fingerprint density at radius 1 is 1.24 bits per heavy atom. The number of sulfonamides is 1. The fourth-order valence-electron chi connectivity index (χ4n) is 6.96. The Bertz CT molecular complexity index is 981. The third-order valence-corrected chi connectivity index (χ3v) is 11.2. The van der Waals surface area contributed by atoms with Crippen molar-refractivity contribution in [2.45, 2.75) is 51.2 Å². The Kier molecular flexibility index (Phi) is 6.41. The molecule has 2 N–H and O–H groups in total. The Morgan fingerprint density at radius 2 is 1.97 bits per heavy atom. The summed E-state index contributed by atoms with van der Waals surface area (Å²) in [5.74, 6) is 0.741. The summed E-state index contributed by atoms with van der Waals surface area (Å²) in [5, 5.41) is 22.7. The molecule has 1 aliphatic heterocycles. The summed E-state index contributed by atoms with van der Waals surface area (Å²) >= 11 is 0. The average molecular weight is 481 g/mol. The van der Waals surface area contributed by atoms with Gasteiger partial charge in [-0.3, -0.25) is 0 Å². The third kappa shape index (κ3) is 4.01. The van der Waals surface area contributed by atoms with E-state index in [1.807, 2.05) is 43.3 Å². The lowest BCUT2D eigenvalue weighted by molar-refractivity contribution is -0.0703. The highest BCUT2D eigenvalue weighted by Gasteiger charge is 2.65. The van der Waals surface area contributed by atoms with E-state index in [2.05, 4.69) is 13.8 Å². The van der Waals surface area contributed by atoms with Crippen molar-refractivity contribution in [3.8, 4) is 5.75 Å².